The van der Waals surface area contributed by atoms with Crippen LogP contribution in [0.3, 0.4) is 0 Å². The number of rotatable bonds is 14. The minimum absolute atomic E-state index is 0.818. The summed E-state index contributed by atoms with van der Waals surface area (Å²) in [4.78, 5) is 2.63. The molecule has 1 rings (SSSR count). The average Bonchev–Trinajstić information content (AvgIpc) is 2.96. The van der Waals surface area contributed by atoms with Crippen LogP contribution in [-0.2, 0) is 0 Å². The molecule has 0 aromatic carbocycles. The molecule has 1 fully saturated rings. The first-order chi connectivity index (χ1) is 10.4. The van der Waals surface area contributed by atoms with Crippen molar-refractivity contribution in [3.63, 3.8) is 0 Å². The predicted octanol–water partition coefficient (Wildman–Crippen LogP) is 4.98. The van der Waals surface area contributed by atoms with E-state index in [1.807, 2.05) is 0 Å². The smallest absolute Gasteiger partial charge is 0.0220 e. The van der Waals surface area contributed by atoms with Crippen LogP contribution in [0.5, 0.6) is 0 Å². The summed E-state index contributed by atoms with van der Waals surface area (Å²) < 4.78 is 0. The highest BCUT2D eigenvalue weighted by molar-refractivity contribution is 4.79. The van der Waals surface area contributed by atoms with Gasteiger partial charge in [0.05, 0.1) is 0 Å². The minimum atomic E-state index is 0.818. The second kappa shape index (κ2) is 13.6. The molecule has 1 heterocycles. The van der Waals surface area contributed by atoms with Crippen molar-refractivity contribution < 1.29 is 0 Å². The third-order valence-electron chi connectivity index (χ3n) is 4.99. The fourth-order valence-electron chi connectivity index (χ4n) is 3.55. The maximum Gasteiger partial charge on any atom is 0.0220 e. The summed E-state index contributed by atoms with van der Waals surface area (Å²) in [6, 6.07) is 0.818. The molecule has 21 heavy (non-hydrogen) atoms. The Labute approximate surface area is 134 Å². The Bertz CT molecular complexity index is 218. The van der Waals surface area contributed by atoms with Crippen molar-refractivity contribution in [3.05, 3.63) is 0 Å². The van der Waals surface area contributed by atoms with E-state index in [1.165, 1.54) is 103 Å². The molecule has 0 aliphatic carbocycles. The topological polar surface area (TPSA) is 15.3 Å². The van der Waals surface area contributed by atoms with Crippen LogP contribution in [-0.4, -0.2) is 37.1 Å². The standard InChI is InChI=1S/C19H40N2/c1-3-5-6-7-8-9-10-11-12-13-16-20-18-19-15-14-17-21(19)4-2/h19-20H,3-18H2,1-2H3. The highest BCUT2D eigenvalue weighted by atomic mass is 15.2. The van der Waals surface area contributed by atoms with E-state index in [0.717, 1.165) is 6.04 Å². The third-order valence-corrected chi connectivity index (χ3v) is 4.99. The predicted molar refractivity (Wildman–Crippen MR) is 95.0 cm³/mol. The zero-order valence-electron chi connectivity index (χ0n) is 14.8. The first-order valence-corrected chi connectivity index (χ1v) is 9.83. The van der Waals surface area contributed by atoms with Gasteiger partial charge in [-0.25, -0.2) is 0 Å². The fourth-order valence-corrected chi connectivity index (χ4v) is 3.55. The molecule has 0 aromatic rings. The van der Waals surface area contributed by atoms with E-state index < -0.39 is 0 Å². The molecule has 1 N–H and O–H groups in total. The van der Waals surface area contributed by atoms with E-state index >= 15 is 0 Å². The van der Waals surface area contributed by atoms with Crippen LogP contribution in [0, 0.1) is 0 Å². The van der Waals surface area contributed by atoms with Gasteiger partial charge in [0.15, 0.2) is 0 Å². The summed E-state index contributed by atoms with van der Waals surface area (Å²) in [6.07, 6.45) is 17.1. The van der Waals surface area contributed by atoms with Crippen LogP contribution in [0.15, 0.2) is 0 Å². The Balaban J connectivity index is 1.76. The molecule has 126 valence electrons. The van der Waals surface area contributed by atoms with Gasteiger partial charge in [-0.1, -0.05) is 71.6 Å². The van der Waals surface area contributed by atoms with E-state index in [2.05, 4.69) is 24.1 Å². The van der Waals surface area contributed by atoms with Crippen LogP contribution in [0.25, 0.3) is 0 Å². The second-order valence-electron chi connectivity index (χ2n) is 6.81. The van der Waals surface area contributed by atoms with Crippen LogP contribution >= 0.6 is 0 Å². The Kier molecular flexibility index (Phi) is 12.3. The van der Waals surface area contributed by atoms with E-state index in [0.29, 0.717) is 0 Å². The van der Waals surface area contributed by atoms with E-state index in [9.17, 15) is 0 Å². The second-order valence-corrected chi connectivity index (χ2v) is 6.81. The normalized spacial score (nSPS) is 19.4. The minimum Gasteiger partial charge on any atom is -0.315 e. The summed E-state index contributed by atoms with van der Waals surface area (Å²) in [5.41, 5.74) is 0. The van der Waals surface area contributed by atoms with Crippen molar-refractivity contribution in [2.45, 2.75) is 96.9 Å². The summed E-state index contributed by atoms with van der Waals surface area (Å²) in [5.74, 6) is 0. The molecule has 1 atom stereocenters. The molecule has 1 aliphatic rings. The Morgan fingerprint density at radius 3 is 2.10 bits per heavy atom. The Morgan fingerprint density at radius 1 is 0.857 bits per heavy atom. The zero-order valence-corrected chi connectivity index (χ0v) is 14.8. The molecule has 0 spiro atoms. The van der Waals surface area contributed by atoms with Gasteiger partial charge < -0.3 is 5.32 Å². The molecule has 1 unspecified atom stereocenters. The molecular formula is C19H40N2. The van der Waals surface area contributed by atoms with Crippen LogP contribution in [0.1, 0.15) is 90.9 Å². The summed E-state index contributed by atoms with van der Waals surface area (Å²) in [5, 5.41) is 3.68. The Morgan fingerprint density at radius 2 is 1.48 bits per heavy atom. The van der Waals surface area contributed by atoms with Crippen molar-refractivity contribution in [2.24, 2.45) is 0 Å². The number of hydrogen-bond acceptors (Lipinski definition) is 2. The first-order valence-electron chi connectivity index (χ1n) is 9.83. The van der Waals surface area contributed by atoms with Gasteiger partial charge in [0.25, 0.3) is 0 Å². The lowest BCUT2D eigenvalue weighted by Crippen LogP contribution is -2.38. The highest BCUT2D eigenvalue weighted by Crippen LogP contribution is 2.15. The molecule has 0 bridgehead atoms. The Hall–Kier alpha value is -0.0800. The van der Waals surface area contributed by atoms with Crippen molar-refractivity contribution in [1.82, 2.24) is 10.2 Å². The number of likely N-dealkylation sites (N-methyl/N-ethyl adjacent to an activating group) is 1. The fraction of sp³-hybridized carbons (Fsp3) is 1.00. The van der Waals surface area contributed by atoms with Crippen molar-refractivity contribution in [2.75, 3.05) is 26.2 Å². The van der Waals surface area contributed by atoms with E-state index in [4.69, 9.17) is 0 Å². The number of hydrogen-bond donors (Lipinski definition) is 1. The third kappa shape index (κ3) is 9.52. The number of nitrogens with zero attached hydrogens (tertiary/aromatic N) is 1. The maximum atomic E-state index is 3.68. The van der Waals surface area contributed by atoms with Crippen molar-refractivity contribution in [3.8, 4) is 0 Å². The summed E-state index contributed by atoms with van der Waals surface area (Å²) >= 11 is 0. The molecule has 0 saturated carbocycles. The van der Waals surface area contributed by atoms with Gasteiger partial charge >= 0.3 is 0 Å². The lowest BCUT2D eigenvalue weighted by molar-refractivity contribution is 0.260. The van der Waals surface area contributed by atoms with Gasteiger partial charge in [-0.15, -0.1) is 0 Å². The van der Waals surface area contributed by atoms with Crippen molar-refractivity contribution in [1.29, 1.82) is 0 Å². The number of likely N-dealkylation sites (tertiary alicyclic amines) is 1. The molecule has 0 aromatic heterocycles. The molecule has 2 nitrogen and oxygen atoms in total. The SMILES string of the molecule is CCCCCCCCCCCCNCC1CCCN1CC. The highest BCUT2D eigenvalue weighted by Gasteiger charge is 2.21. The summed E-state index contributed by atoms with van der Waals surface area (Å²) in [7, 11) is 0. The molecule has 0 radical (unpaired) electrons. The van der Waals surface area contributed by atoms with Gasteiger partial charge in [0, 0.05) is 12.6 Å². The average molecular weight is 297 g/mol. The van der Waals surface area contributed by atoms with E-state index in [-0.39, 0.29) is 0 Å². The summed E-state index contributed by atoms with van der Waals surface area (Å²) in [6.45, 7) is 9.57. The van der Waals surface area contributed by atoms with Gasteiger partial charge in [-0.3, -0.25) is 4.90 Å². The largest absolute Gasteiger partial charge is 0.315 e. The van der Waals surface area contributed by atoms with Gasteiger partial charge in [-0.05, 0) is 38.9 Å². The zero-order chi connectivity index (χ0) is 15.2. The number of nitrogens with one attached hydrogen (secondary N) is 1. The molecular weight excluding hydrogens is 256 g/mol. The quantitative estimate of drug-likeness (QED) is 0.455. The van der Waals surface area contributed by atoms with Crippen LogP contribution < -0.4 is 5.32 Å². The monoisotopic (exact) mass is 296 g/mol. The van der Waals surface area contributed by atoms with Crippen LogP contribution in [0.2, 0.25) is 0 Å². The van der Waals surface area contributed by atoms with Gasteiger partial charge in [0.2, 0.25) is 0 Å². The molecule has 1 aliphatic heterocycles. The molecule has 2 heteroatoms. The van der Waals surface area contributed by atoms with E-state index in [1.54, 1.807) is 0 Å². The first kappa shape index (κ1) is 19.0. The number of unbranched alkanes of at least 4 members (excludes halogenated alkanes) is 9. The van der Waals surface area contributed by atoms with Gasteiger partial charge in [0.1, 0.15) is 0 Å². The van der Waals surface area contributed by atoms with Crippen LogP contribution in [0.4, 0.5) is 0 Å². The lowest BCUT2D eigenvalue weighted by Gasteiger charge is -2.22. The molecule has 1 saturated heterocycles. The maximum absolute atomic E-state index is 3.68. The molecule has 0 amide bonds. The lowest BCUT2D eigenvalue weighted by atomic mass is 10.1. The van der Waals surface area contributed by atoms with Gasteiger partial charge in [-0.2, -0.15) is 0 Å². The van der Waals surface area contributed by atoms with Crippen molar-refractivity contribution >= 4 is 0 Å².